The van der Waals surface area contributed by atoms with Crippen LogP contribution >= 0.6 is 11.6 Å². The Morgan fingerprint density at radius 2 is 2.05 bits per heavy atom. The van der Waals surface area contributed by atoms with Gasteiger partial charge in [0.1, 0.15) is 0 Å². The van der Waals surface area contributed by atoms with E-state index in [2.05, 4.69) is 10.2 Å². The van der Waals surface area contributed by atoms with Gasteiger partial charge in [0.25, 0.3) is 0 Å². The molecule has 3 N–H and O–H groups in total. The molecule has 1 aliphatic carbocycles. The van der Waals surface area contributed by atoms with Gasteiger partial charge in [-0.3, -0.25) is 9.69 Å². The van der Waals surface area contributed by atoms with Crippen molar-refractivity contribution in [3.8, 4) is 0 Å². The number of hydrogen-bond acceptors (Lipinski definition) is 3. The minimum atomic E-state index is -0.0295. The first-order chi connectivity index (χ1) is 9.95. The van der Waals surface area contributed by atoms with E-state index in [0.29, 0.717) is 29.3 Å². The van der Waals surface area contributed by atoms with Gasteiger partial charge in [-0.25, -0.2) is 0 Å². The number of anilines is 1. The van der Waals surface area contributed by atoms with Crippen LogP contribution in [0.25, 0.3) is 0 Å². The molecule has 116 valence electrons. The molecule has 1 aliphatic rings. The minimum absolute atomic E-state index is 0.0295. The Morgan fingerprint density at radius 3 is 2.67 bits per heavy atom. The van der Waals surface area contributed by atoms with Crippen molar-refractivity contribution in [2.24, 2.45) is 5.73 Å². The van der Waals surface area contributed by atoms with Crippen LogP contribution in [-0.2, 0) is 4.79 Å². The maximum atomic E-state index is 12.1. The lowest BCUT2D eigenvalue weighted by molar-refractivity contribution is -0.117. The van der Waals surface area contributed by atoms with E-state index in [1.165, 1.54) is 0 Å². The topological polar surface area (TPSA) is 58.4 Å². The third-order valence-electron chi connectivity index (χ3n) is 4.16. The van der Waals surface area contributed by atoms with E-state index < -0.39 is 0 Å². The number of amides is 1. The standard InChI is InChI=1S/C16H24ClN3O/c1-11-3-8-15(14(17)9-11)19-16(21)10-20(2)13-6-4-12(18)5-7-13/h3,8-9,12-13H,4-7,10,18H2,1-2H3,(H,19,21). The number of likely N-dealkylation sites (N-methyl/N-ethyl adjacent to an activating group) is 1. The van der Waals surface area contributed by atoms with Crippen LogP contribution in [0.1, 0.15) is 31.2 Å². The highest BCUT2D eigenvalue weighted by atomic mass is 35.5. The maximum absolute atomic E-state index is 12.1. The largest absolute Gasteiger partial charge is 0.328 e. The molecule has 0 spiro atoms. The van der Waals surface area contributed by atoms with E-state index in [1.54, 1.807) is 0 Å². The Morgan fingerprint density at radius 1 is 1.38 bits per heavy atom. The molecule has 0 saturated heterocycles. The molecule has 0 bridgehead atoms. The highest BCUT2D eigenvalue weighted by molar-refractivity contribution is 6.33. The molecule has 0 aromatic heterocycles. The Balaban J connectivity index is 1.86. The molecule has 0 atom stereocenters. The van der Waals surface area contributed by atoms with Crippen LogP contribution < -0.4 is 11.1 Å². The quantitative estimate of drug-likeness (QED) is 0.899. The molecule has 1 saturated carbocycles. The summed E-state index contributed by atoms with van der Waals surface area (Å²) in [7, 11) is 2.00. The second kappa shape index (κ2) is 7.25. The number of aryl methyl sites for hydroxylation is 1. The van der Waals surface area contributed by atoms with Crippen molar-refractivity contribution in [2.75, 3.05) is 18.9 Å². The van der Waals surface area contributed by atoms with E-state index in [4.69, 9.17) is 17.3 Å². The normalized spacial score (nSPS) is 22.3. The second-order valence-corrected chi connectivity index (χ2v) is 6.42. The predicted molar refractivity (Wildman–Crippen MR) is 87.7 cm³/mol. The first-order valence-electron chi connectivity index (χ1n) is 7.47. The number of benzene rings is 1. The predicted octanol–water partition coefficient (Wildman–Crippen LogP) is 2.79. The third kappa shape index (κ3) is 4.70. The van der Waals surface area contributed by atoms with Gasteiger partial charge in [0.05, 0.1) is 17.3 Å². The van der Waals surface area contributed by atoms with Crippen LogP contribution in [0.3, 0.4) is 0 Å². The molecular formula is C16H24ClN3O. The molecule has 2 rings (SSSR count). The number of carbonyl (C=O) groups is 1. The fourth-order valence-electron chi connectivity index (χ4n) is 2.81. The molecule has 0 radical (unpaired) electrons. The van der Waals surface area contributed by atoms with Crippen molar-refractivity contribution in [1.29, 1.82) is 0 Å². The molecule has 0 unspecified atom stereocenters. The molecule has 0 heterocycles. The van der Waals surface area contributed by atoms with E-state index in [0.717, 1.165) is 31.2 Å². The number of hydrogen-bond donors (Lipinski definition) is 2. The molecule has 21 heavy (non-hydrogen) atoms. The summed E-state index contributed by atoms with van der Waals surface area (Å²) >= 11 is 6.13. The van der Waals surface area contributed by atoms with Crippen molar-refractivity contribution < 1.29 is 4.79 Å². The molecule has 5 heteroatoms. The Hall–Kier alpha value is -1.10. The summed E-state index contributed by atoms with van der Waals surface area (Å²) in [6.07, 6.45) is 4.22. The Kier molecular flexibility index (Phi) is 5.62. The zero-order valence-corrected chi connectivity index (χ0v) is 13.5. The van der Waals surface area contributed by atoms with Gasteiger partial charge >= 0.3 is 0 Å². The summed E-state index contributed by atoms with van der Waals surface area (Å²) in [5.41, 5.74) is 7.67. The smallest absolute Gasteiger partial charge is 0.238 e. The van der Waals surface area contributed by atoms with Gasteiger partial charge in [-0.2, -0.15) is 0 Å². The number of nitrogens with one attached hydrogen (secondary N) is 1. The van der Waals surface area contributed by atoms with Gasteiger partial charge in [0.15, 0.2) is 0 Å². The first-order valence-corrected chi connectivity index (χ1v) is 7.85. The van der Waals surface area contributed by atoms with E-state index in [9.17, 15) is 4.79 Å². The van der Waals surface area contributed by atoms with Crippen molar-refractivity contribution >= 4 is 23.2 Å². The molecule has 0 aliphatic heterocycles. The lowest BCUT2D eigenvalue weighted by Crippen LogP contribution is -2.42. The van der Waals surface area contributed by atoms with Crippen LogP contribution in [-0.4, -0.2) is 36.5 Å². The van der Waals surface area contributed by atoms with Gasteiger partial charge in [-0.05, 0) is 57.4 Å². The highest BCUT2D eigenvalue weighted by Crippen LogP contribution is 2.23. The third-order valence-corrected chi connectivity index (χ3v) is 4.47. The van der Waals surface area contributed by atoms with Crippen LogP contribution in [0.4, 0.5) is 5.69 Å². The monoisotopic (exact) mass is 309 g/mol. The summed E-state index contributed by atoms with van der Waals surface area (Å²) in [5.74, 6) is -0.0295. The molecule has 1 aromatic carbocycles. The van der Waals surface area contributed by atoms with Gasteiger partial charge < -0.3 is 11.1 Å². The highest BCUT2D eigenvalue weighted by Gasteiger charge is 2.23. The van der Waals surface area contributed by atoms with Crippen molar-refractivity contribution in [3.05, 3.63) is 28.8 Å². The fourth-order valence-corrected chi connectivity index (χ4v) is 3.09. The number of halogens is 1. The van der Waals surface area contributed by atoms with Crippen molar-refractivity contribution in [3.63, 3.8) is 0 Å². The molecule has 1 aromatic rings. The lowest BCUT2D eigenvalue weighted by atomic mass is 9.91. The van der Waals surface area contributed by atoms with Crippen LogP contribution in [0.5, 0.6) is 0 Å². The SMILES string of the molecule is Cc1ccc(NC(=O)CN(C)C2CCC(N)CC2)c(Cl)c1. The molecule has 1 amide bonds. The lowest BCUT2D eigenvalue weighted by Gasteiger charge is -2.33. The minimum Gasteiger partial charge on any atom is -0.328 e. The van der Waals surface area contributed by atoms with E-state index in [1.807, 2.05) is 32.2 Å². The average Bonchev–Trinajstić information content (AvgIpc) is 2.42. The average molecular weight is 310 g/mol. The maximum Gasteiger partial charge on any atom is 0.238 e. The summed E-state index contributed by atoms with van der Waals surface area (Å²) in [4.78, 5) is 14.2. The van der Waals surface area contributed by atoms with Gasteiger partial charge in [-0.1, -0.05) is 17.7 Å². The number of nitrogens with two attached hydrogens (primary N) is 1. The van der Waals surface area contributed by atoms with Gasteiger partial charge in [-0.15, -0.1) is 0 Å². The molecule has 1 fully saturated rings. The molecular weight excluding hydrogens is 286 g/mol. The van der Waals surface area contributed by atoms with Crippen LogP contribution in [0, 0.1) is 6.92 Å². The van der Waals surface area contributed by atoms with Crippen LogP contribution in [0.15, 0.2) is 18.2 Å². The second-order valence-electron chi connectivity index (χ2n) is 6.02. The Bertz CT molecular complexity index is 498. The summed E-state index contributed by atoms with van der Waals surface area (Å²) in [6, 6.07) is 6.41. The van der Waals surface area contributed by atoms with Gasteiger partial charge in [0, 0.05) is 12.1 Å². The van der Waals surface area contributed by atoms with Gasteiger partial charge in [0.2, 0.25) is 5.91 Å². The van der Waals surface area contributed by atoms with Crippen LogP contribution in [0.2, 0.25) is 5.02 Å². The number of carbonyl (C=O) groups excluding carboxylic acids is 1. The molecule has 4 nitrogen and oxygen atoms in total. The van der Waals surface area contributed by atoms with Crippen molar-refractivity contribution in [1.82, 2.24) is 4.90 Å². The summed E-state index contributed by atoms with van der Waals surface area (Å²) in [5, 5.41) is 3.46. The number of rotatable bonds is 4. The zero-order valence-electron chi connectivity index (χ0n) is 12.7. The number of nitrogens with zero attached hydrogens (tertiary/aromatic N) is 1. The first kappa shape index (κ1) is 16.3. The van der Waals surface area contributed by atoms with E-state index in [-0.39, 0.29) is 5.91 Å². The Labute approximate surface area is 131 Å². The summed E-state index contributed by atoms with van der Waals surface area (Å²) in [6.45, 7) is 2.35. The van der Waals surface area contributed by atoms with E-state index >= 15 is 0 Å². The fraction of sp³-hybridized carbons (Fsp3) is 0.562. The summed E-state index contributed by atoms with van der Waals surface area (Å²) < 4.78 is 0. The van der Waals surface area contributed by atoms with Crippen molar-refractivity contribution in [2.45, 2.75) is 44.7 Å². The zero-order chi connectivity index (χ0) is 15.4.